The third kappa shape index (κ3) is 20.8. The number of aromatic nitrogens is 2. The Morgan fingerprint density at radius 1 is 0.392 bits per heavy atom. The van der Waals surface area contributed by atoms with Crippen molar-refractivity contribution in [3.8, 4) is 27.3 Å². The van der Waals surface area contributed by atoms with E-state index >= 15 is 0 Å². The summed E-state index contributed by atoms with van der Waals surface area (Å²) in [6.45, 7) is 9.20. The molecule has 1 aliphatic carbocycles. The molecule has 0 N–H and O–H groups in total. The molecule has 10 aromatic carbocycles. The third-order valence-corrected chi connectivity index (χ3v) is 33.1. The van der Waals surface area contributed by atoms with E-state index < -0.39 is 45.6 Å². The number of ether oxygens (including phenoxy) is 5. The van der Waals surface area contributed by atoms with E-state index in [4.69, 9.17) is 46.9 Å². The molecule has 13 aromatic rings. The lowest BCUT2D eigenvalue weighted by atomic mass is 9.77. The number of halogens is 8. The predicted octanol–water partition coefficient (Wildman–Crippen LogP) is 25.8. The summed E-state index contributed by atoms with van der Waals surface area (Å²) in [5.41, 5.74) is 14.3. The maximum Gasteiger partial charge on any atom is 0.434 e. The van der Waals surface area contributed by atoms with Gasteiger partial charge in [0.2, 0.25) is 11.8 Å². The van der Waals surface area contributed by atoms with E-state index in [-0.39, 0.29) is 61.6 Å². The number of carbonyl (C=O) groups is 5. The smallest absolute Gasteiger partial charge is 0.365 e. The number of alkyl halides is 6. The van der Waals surface area contributed by atoms with Crippen LogP contribution in [-0.4, -0.2) is 129 Å². The molecule has 5 spiro atoms. The van der Waals surface area contributed by atoms with Crippen LogP contribution in [0.25, 0.3) is 33.3 Å². The summed E-state index contributed by atoms with van der Waals surface area (Å²) in [4.78, 5) is 74.6. The molecule has 6 fully saturated rings. The zero-order valence-electron chi connectivity index (χ0n) is 79.0. The number of likely N-dealkylation sites (tertiary alicyclic amines) is 5. The Morgan fingerprint density at radius 3 is 1.25 bits per heavy atom. The number of benzene rings is 10. The number of hydrogen-bond donors (Lipinski definition) is 0. The number of hydrogen-bond acceptors (Lipinski definition) is 13. The molecule has 0 unspecified atom stereocenters. The van der Waals surface area contributed by atoms with Crippen LogP contribution in [0.2, 0.25) is 10.0 Å². The van der Waals surface area contributed by atoms with Crippen LogP contribution in [-0.2, 0) is 107 Å². The Hall–Kier alpha value is -12.1. The Morgan fingerprint density at radius 2 is 0.804 bits per heavy atom. The minimum atomic E-state index is -4.77. The third-order valence-electron chi connectivity index (χ3n) is 30.5. The number of nitrogens with zero attached hydrogens (tertiary/aromatic N) is 7. The van der Waals surface area contributed by atoms with Gasteiger partial charge in [0.05, 0.1) is 83.4 Å². The van der Waals surface area contributed by atoms with Crippen molar-refractivity contribution in [3.63, 3.8) is 0 Å². The normalized spacial score (nSPS) is 19.5. The minimum absolute atomic E-state index is 0.0427. The number of rotatable bonds is 10. The molecule has 13 heterocycles. The lowest BCUT2D eigenvalue weighted by Gasteiger charge is -2.41. The first-order valence-electron chi connectivity index (χ1n) is 49.2. The molecule has 0 atom stereocenters. The fraction of sp³-hybridized carbons (Fsp3) is 0.328. The minimum Gasteiger partial charge on any atom is -0.365 e. The molecule has 5 saturated heterocycles. The second-order valence-electron chi connectivity index (χ2n) is 38.6. The molecule has 1 saturated carbocycles. The van der Waals surface area contributed by atoms with Crippen LogP contribution < -0.4 is 0 Å². The number of fused-ring (bicyclic) bond motifs is 10. The van der Waals surface area contributed by atoms with Crippen molar-refractivity contribution in [2.24, 2.45) is 5.92 Å². The van der Waals surface area contributed by atoms with Gasteiger partial charge in [0.25, 0.3) is 17.7 Å². The Kier molecular flexibility index (Phi) is 28.8. The molecule has 143 heavy (non-hydrogen) atoms. The SMILES string of the molecule is O=C(/C=C/c1cccc(Cl)c1)N1CCC2(CC1)OCc1ccccc12.O=C(C1CCC(c2ccccc2)CC1)N1CCC2(CC1)OCc1ccccc12.O=C(c1cc(-c2ccccc2)c(C(F)(F)F)s1)N1CCC2(CC1)OCc1ccccc12.O=C(c1cccc(-c2cccs2)c1)N1CCC2(CC1)OCc1ccccc12.O=C(c1cnn(-c2cccc(Cl)c2)c1C(F)(F)F)N1CCC2(CC1)OCc1ccccc12. The summed E-state index contributed by atoms with van der Waals surface area (Å²) >= 11 is 14.1. The van der Waals surface area contributed by atoms with Crippen LogP contribution >= 0.6 is 45.9 Å². The van der Waals surface area contributed by atoms with Crippen molar-refractivity contribution < 1.29 is 74.0 Å². The van der Waals surface area contributed by atoms with Crippen LogP contribution in [0.5, 0.6) is 0 Å². The summed E-state index contributed by atoms with van der Waals surface area (Å²) < 4.78 is 114. The molecule has 736 valence electrons. The highest BCUT2D eigenvalue weighted by Crippen LogP contribution is 2.52. The van der Waals surface area contributed by atoms with Crippen molar-refractivity contribution in [1.29, 1.82) is 0 Å². The van der Waals surface area contributed by atoms with Gasteiger partial charge in [-0.15, -0.1) is 22.7 Å². The predicted molar refractivity (Wildman–Crippen MR) is 541 cm³/mol. The van der Waals surface area contributed by atoms with Crippen molar-refractivity contribution in [2.45, 2.75) is 169 Å². The van der Waals surface area contributed by atoms with Gasteiger partial charge in [0.15, 0.2) is 5.69 Å². The van der Waals surface area contributed by atoms with Crippen LogP contribution in [0.3, 0.4) is 0 Å². The summed E-state index contributed by atoms with van der Waals surface area (Å²) in [5, 5.41) is 6.89. The van der Waals surface area contributed by atoms with E-state index in [0.717, 1.165) is 129 Å². The van der Waals surface area contributed by atoms with Crippen molar-refractivity contribution in [2.75, 3.05) is 65.4 Å². The highest BCUT2D eigenvalue weighted by atomic mass is 35.5. The van der Waals surface area contributed by atoms with Crippen LogP contribution in [0.15, 0.2) is 291 Å². The lowest BCUT2D eigenvalue weighted by Crippen LogP contribution is -2.47. The quantitative estimate of drug-likeness (QED) is 0.0945. The van der Waals surface area contributed by atoms with E-state index in [0.29, 0.717) is 132 Å². The molecule has 3 aromatic heterocycles. The van der Waals surface area contributed by atoms with Crippen molar-refractivity contribution in [1.82, 2.24) is 34.3 Å². The van der Waals surface area contributed by atoms with E-state index in [1.165, 1.54) is 84.1 Å². The van der Waals surface area contributed by atoms with Gasteiger partial charge in [-0.25, -0.2) is 4.68 Å². The fourth-order valence-electron chi connectivity index (χ4n) is 22.8. The fourth-order valence-corrected chi connectivity index (χ4v) is 24.9. The molecule has 10 aliphatic heterocycles. The molecule has 24 rings (SSSR count). The van der Waals surface area contributed by atoms with Gasteiger partial charge in [-0.1, -0.05) is 242 Å². The first-order chi connectivity index (χ1) is 69.3. The number of thiophene rings is 2. The number of piperidine rings is 5. The lowest BCUT2D eigenvalue weighted by molar-refractivity contribution is -0.144. The first-order valence-corrected chi connectivity index (χ1v) is 51.7. The molecule has 0 bridgehead atoms. The number of carbonyl (C=O) groups excluding carboxylic acids is 5. The second-order valence-corrected chi connectivity index (χ2v) is 41.5. The average molecular weight is 2010 g/mol. The van der Waals surface area contributed by atoms with E-state index in [2.05, 4.69) is 143 Å². The molecule has 0 radical (unpaired) electrons. The van der Waals surface area contributed by atoms with Gasteiger partial charge in [0, 0.05) is 103 Å². The largest absolute Gasteiger partial charge is 0.434 e. The zero-order valence-corrected chi connectivity index (χ0v) is 82.1. The maximum absolute atomic E-state index is 14.0. The summed E-state index contributed by atoms with van der Waals surface area (Å²) in [7, 11) is 0. The van der Waals surface area contributed by atoms with Crippen LogP contribution in [0.4, 0.5) is 26.3 Å². The summed E-state index contributed by atoms with van der Waals surface area (Å²) in [5.74, 6) is 0.345. The monoisotopic (exact) mass is 2010 g/mol. The van der Waals surface area contributed by atoms with E-state index in [9.17, 15) is 50.3 Å². The topological polar surface area (TPSA) is 166 Å². The summed E-state index contributed by atoms with van der Waals surface area (Å²) in [6.07, 6.45) is 7.08. The van der Waals surface area contributed by atoms with E-state index in [1.54, 1.807) is 58.7 Å². The maximum atomic E-state index is 14.0. The van der Waals surface area contributed by atoms with Gasteiger partial charge in [0.1, 0.15) is 4.88 Å². The molecular formula is C116H109Cl2F6N7O10S2. The van der Waals surface area contributed by atoms with Gasteiger partial charge >= 0.3 is 12.4 Å². The van der Waals surface area contributed by atoms with Crippen LogP contribution in [0.1, 0.15) is 204 Å². The Balaban J connectivity index is 0.000000110. The van der Waals surface area contributed by atoms with Gasteiger partial charge in [-0.3, -0.25) is 24.0 Å². The van der Waals surface area contributed by atoms with Gasteiger partial charge in [-0.2, -0.15) is 31.4 Å². The first kappa shape index (κ1) is 98.3. The standard InChI is InChI=1S/C25H29NO2.C24H20F3NO2S.C23H19ClF3N3O2.C23H21NO2S.C21H20ClNO2/c27-24(21-12-10-20(11-13-21)19-6-2-1-3-7-19)26-16-14-25(15-17-26)23-9-5-4-8-22(23)18-28-25;25-24(26,27)21-18(16-6-2-1-3-7-16)14-20(31-21)22(29)28-12-10-23(11-13-28)19-9-5-4-8-17(19)15-30-23;24-16-5-3-6-17(12-16)30-20(23(25,26)27)18(13-28-30)21(31)29-10-8-22(9-11-29)19-7-2-1-4-15(19)14-32-22;25-22(18-7-3-6-17(15-18)21-9-4-14-27-21)24-12-10-23(11-13-24)20-8-2-1-5-19(20)16-26-23;22-18-6-3-4-16(14-18)8-9-20(24)23-12-10-21(11-13-23)19-7-2-1-5-17(19)15-25-21/h1-9,20-21H,10-18H2;1-9,14H,10-13,15H2;1-7,12-13H,8-11,14H2;1-9,14-15H,10-13,16H2;1-9,14H,10-13,15H2/b;;;;9-8+. The van der Waals surface area contributed by atoms with Gasteiger partial charge < -0.3 is 48.2 Å². The molecule has 5 amide bonds. The average Bonchev–Trinajstić information content (AvgIpc) is 1.63. The Bertz CT molecular complexity index is 6800. The number of amides is 5. The summed E-state index contributed by atoms with van der Waals surface area (Å²) in [6, 6.07) is 87.6. The second kappa shape index (κ2) is 41.9. The molecule has 11 aliphatic rings. The van der Waals surface area contributed by atoms with Crippen molar-refractivity contribution in [3.05, 3.63) is 394 Å². The highest BCUT2D eigenvalue weighted by molar-refractivity contribution is 7.14. The molecule has 27 heteroatoms. The van der Waals surface area contributed by atoms with Gasteiger partial charge in [-0.05, 0) is 240 Å². The highest BCUT2D eigenvalue weighted by Gasteiger charge is 2.51. The van der Waals surface area contributed by atoms with E-state index in [1.807, 2.05) is 101 Å². The zero-order chi connectivity index (χ0) is 98.7. The van der Waals surface area contributed by atoms with Crippen LogP contribution in [0, 0.1) is 5.92 Å². The molecular weight excluding hydrogens is 1900 g/mol. The van der Waals surface area contributed by atoms with Crippen molar-refractivity contribution >= 4 is 81.5 Å². The molecule has 17 nitrogen and oxygen atoms in total. The Labute approximate surface area is 845 Å².